The lowest BCUT2D eigenvalue weighted by atomic mass is 10.2. The van der Waals surface area contributed by atoms with E-state index in [2.05, 4.69) is 0 Å². The van der Waals surface area contributed by atoms with Gasteiger partial charge >= 0.3 is 6.03 Å². The number of rotatable bonds is 3. The van der Waals surface area contributed by atoms with Gasteiger partial charge in [0, 0.05) is 5.56 Å². The summed E-state index contributed by atoms with van der Waals surface area (Å²) in [6.45, 7) is 0. The fourth-order valence-electron chi connectivity index (χ4n) is 1.16. The Bertz CT molecular complexity index is 417. The van der Waals surface area contributed by atoms with Gasteiger partial charge in [-0.15, -0.1) is 0 Å². The van der Waals surface area contributed by atoms with Crippen molar-refractivity contribution in [1.82, 2.24) is 5.32 Å². The van der Waals surface area contributed by atoms with Crippen molar-refractivity contribution in [3.63, 3.8) is 0 Å². The van der Waals surface area contributed by atoms with Gasteiger partial charge in [0.25, 0.3) is 5.91 Å². The summed E-state index contributed by atoms with van der Waals surface area (Å²) in [6.07, 6.45) is 0. The molecular weight excluding hydrogens is 212 g/mol. The van der Waals surface area contributed by atoms with Crippen LogP contribution in [0.5, 0.6) is 11.5 Å². The van der Waals surface area contributed by atoms with E-state index in [4.69, 9.17) is 15.2 Å². The summed E-state index contributed by atoms with van der Waals surface area (Å²) in [5, 5.41) is 1.95. The summed E-state index contributed by atoms with van der Waals surface area (Å²) >= 11 is 0. The van der Waals surface area contributed by atoms with Crippen molar-refractivity contribution in [2.45, 2.75) is 0 Å². The van der Waals surface area contributed by atoms with Gasteiger partial charge in [-0.25, -0.2) is 4.79 Å². The summed E-state index contributed by atoms with van der Waals surface area (Å²) in [6, 6.07) is 3.62. The first-order valence-corrected chi connectivity index (χ1v) is 4.41. The van der Waals surface area contributed by atoms with Crippen molar-refractivity contribution < 1.29 is 19.1 Å². The lowest BCUT2D eigenvalue weighted by Crippen LogP contribution is -2.34. The molecule has 0 heterocycles. The van der Waals surface area contributed by atoms with Crippen LogP contribution in [0.15, 0.2) is 18.2 Å². The maximum Gasteiger partial charge on any atom is 0.319 e. The summed E-state index contributed by atoms with van der Waals surface area (Å²) in [5.41, 5.74) is 5.09. The zero-order valence-electron chi connectivity index (χ0n) is 8.94. The molecule has 0 saturated carbocycles. The SMILES string of the molecule is COc1ccc(C(=O)NC(N)=O)cc1OC. The van der Waals surface area contributed by atoms with E-state index >= 15 is 0 Å². The van der Waals surface area contributed by atoms with Crippen molar-refractivity contribution in [2.24, 2.45) is 5.73 Å². The number of hydrogen-bond acceptors (Lipinski definition) is 4. The van der Waals surface area contributed by atoms with E-state index in [0.29, 0.717) is 11.5 Å². The molecule has 6 heteroatoms. The number of nitrogens with one attached hydrogen (secondary N) is 1. The minimum absolute atomic E-state index is 0.261. The van der Waals surface area contributed by atoms with E-state index in [0.717, 1.165) is 0 Å². The fourth-order valence-corrected chi connectivity index (χ4v) is 1.16. The van der Waals surface area contributed by atoms with Crippen LogP contribution in [-0.2, 0) is 0 Å². The summed E-state index contributed by atoms with van der Waals surface area (Å²) in [4.78, 5) is 21.9. The second kappa shape index (κ2) is 5.01. The standard InChI is InChI=1S/C10H12N2O4/c1-15-7-4-3-6(5-8(7)16-2)9(13)12-10(11)14/h3-5H,1-2H3,(H3,11,12,13,14). The molecule has 16 heavy (non-hydrogen) atoms. The number of amides is 3. The monoisotopic (exact) mass is 224 g/mol. The molecule has 0 saturated heterocycles. The number of imide groups is 1. The number of nitrogens with two attached hydrogens (primary N) is 1. The topological polar surface area (TPSA) is 90.6 Å². The smallest absolute Gasteiger partial charge is 0.319 e. The largest absolute Gasteiger partial charge is 0.493 e. The van der Waals surface area contributed by atoms with E-state index in [9.17, 15) is 9.59 Å². The van der Waals surface area contributed by atoms with Gasteiger partial charge in [-0.2, -0.15) is 0 Å². The van der Waals surface area contributed by atoms with Gasteiger partial charge in [-0.1, -0.05) is 0 Å². The first-order chi connectivity index (χ1) is 7.58. The summed E-state index contributed by atoms with van der Waals surface area (Å²) < 4.78 is 10.0. The first-order valence-electron chi connectivity index (χ1n) is 4.41. The summed E-state index contributed by atoms with van der Waals surface area (Å²) in [5.74, 6) is 0.311. The molecule has 0 aliphatic heterocycles. The average Bonchev–Trinajstić information content (AvgIpc) is 2.27. The maximum absolute atomic E-state index is 11.4. The van der Waals surface area contributed by atoms with Crippen LogP contribution in [0.4, 0.5) is 4.79 Å². The molecule has 0 bridgehead atoms. The van der Waals surface area contributed by atoms with Crippen LogP contribution in [0.25, 0.3) is 0 Å². The van der Waals surface area contributed by atoms with Gasteiger partial charge in [0.05, 0.1) is 14.2 Å². The molecule has 0 atom stereocenters. The molecule has 0 radical (unpaired) electrons. The highest BCUT2D eigenvalue weighted by molar-refractivity contribution is 6.04. The Morgan fingerprint density at radius 3 is 2.31 bits per heavy atom. The molecule has 0 unspecified atom stereocenters. The molecule has 0 aliphatic carbocycles. The number of carbonyl (C=O) groups is 2. The lowest BCUT2D eigenvalue weighted by Gasteiger charge is -2.08. The zero-order valence-corrected chi connectivity index (χ0v) is 8.94. The van der Waals surface area contributed by atoms with Gasteiger partial charge in [0.15, 0.2) is 11.5 Å². The van der Waals surface area contributed by atoms with Crippen molar-refractivity contribution in [3.05, 3.63) is 23.8 Å². The van der Waals surface area contributed by atoms with E-state index in [1.807, 2.05) is 5.32 Å². The van der Waals surface area contributed by atoms with Gasteiger partial charge in [0.2, 0.25) is 0 Å². The molecular formula is C10H12N2O4. The average molecular weight is 224 g/mol. The number of urea groups is 1. The molecule has 1 aromatic carbocycles. The minimum Gasteiger partial charge on any atom is -0.493 e. The normalized spacial score (nSPS) is 9.38. The highest BCUT2D eigenvalue weighted by Crippen LogP contribution is 2.27. The third-order valence-electron chi connectivity index (χ3n) is 1.88. The zero-order chi connectivity index (χ0) is 12.1. The van der Waals surface area contributed by atoms with E-state index in [1.165, 1.54) is 26.4 Å². The van der Waals surface area contributed by atoms with E-state index < -0.39 is 11.9 Å². The van der Waals surface area contributed by atoms with Crippen LogP contribution in [-0.4, -0.2) is 26.2 Å². The molecule has 1 aromatic rings. The number of primary amides is 1. The molecule has 0 fully saturated rings. The van der Waals surface area contributed by atoms with Gasteiger partial charge < -0.3 is 15.2 Å². The minimum atomic E-state index is -0.903. The van der Waals surface area contributed by atoms with Crippen LogP contribution in [0, 0.1) is 0 Å². The molecule has 1 rings (SSSR count). The Hall–Kier alpha value is -2.24. The molecule has 3 amide bonds. The Labute approximate surface area is 92.3 Å². The second-order valence-corrected chi connectivity index (χ2v) is 2.89. The number of carbonyl (C=O) groups excluding carboxylic acids is 2. The molecule has 6 nitrogen and oxygen atoms in total. The van der Waals surface area contributed by atoms with Crippen molar-refractivity contribution in [3.8, 4) is 11.5 Å². The predicted molar refractivity (Wildman–Crippen MR) is 56.6 cm³/mol. The van der Waals surface area contributed by atoms with E-state index in [1.54, 1.807) is 6.07 Å². The highest BCUT2D eigenvalue weighted by atomic mass is 16.5. The number of benzene rings is 1. The maximum atomic E-state index is 11.4. The molecule has 0 spiro atoms. The molecule has 3 N–H and O–H groups in total. The van der Waals surface area contributed by atoms with Crippen molar-refractivity contribution in [2.75, 3.05) is 14.2 Å². The van der Waals surface area contributed by atoms with E-state index in [-0.39, 0.29) is 5.56 Å². The quantitative estimate of drug-likeness (QED) is 0.782. The van der Waals surface area contributed by atoms with Crippen LogP contribution in [0.2, 0.25) is 0 Å². The van der Waals surface area contributed by atoms with Crippen LogP contribution in [0.1, 0.15) is 10.4 Å². The van der Waals surface area contributed by atoms with Gasteiger partial charge in [-0.3, -0.25) is 10.1 Å². The van der Waals surface area contributed by atoms with Crippen LogP contribution < -0.4 is 20.5 Å². The predicted octanol–water partition coefficient (Wildman–Crippen LogP) is 0.512. The van der Waals surface area contributed by atoms with Gasteiger partial charge in [0.1, 0.15) is 0 Å². The third-order valence-corrected chi connectivity index (χ3v) is 1.88. The van der Waals surface area contributed by atoms with Crippen LogP contribution in [0.3, 0.4) is 0 Å². The summed E-state index contributed by atoms with van der Waals surface area (Å²) in [7, 11) is 2.94. The number of hydrogen-bond donors (Lipinski definition) is 2. The van der Waals surface area contributed by atoms with Gasteiger partial charge in [-0.05, 0) is 18.2 Å². The van der Waals surface area contributed by atoms with Crippen molar-refractivity contribution in [1.29, 1.82) is 0 Å². The van der Waals surface area contributed by atoms with Crippen LogP contribution >= 0.6 is 0 Å². The third kappa shape index (κ3) is 2.63. The number of methoxy groups -OCH3 is 2. The Morgan fingerprint density at radius 2 is 1.81 bits per heavy atom. The highest BCUT2D eigenvalue weighted by Gasteiger charge is 2.11. The molecule has 86 valence electrons. The Kier molecular flexibility index (Phi) is 3.71. The first kappa shape index (κ1) is 11.8. The van der Waals surface area contributed by atoms with Crippen molar-refractivity contribution >= 4 is 11.9 Å². The lowest BCUT2D eigenvalue weighted by molar-refractivity contribution is 0.0966. The number of ether oxygens (including phenoxy) is 2. The second-order valence-electron chi connectivity index (χ2n) is 2.89. The molecule has 0 aliphatic rings. The molecule has 0 aromatic heterocycles. The Morgan fingerprint density at radius 1 is 1.19 bits per heavy atom. The fraction of sp³-hybridized carbons (Fsp3) is 0.200. The Balaban J connectivity index is 2.98.